The minimum absolute atomic E-state index is 0.187. The van der Waals surface area contributed by atoms with Crippen molar-refractivity contribution in [3.8, 4) is 5.75 Å². The monoisotopic (exact) mass is 321 g/mol. The van der Waals surface area contributed by atoms with Gasteiger partial charge >= 0.3 is 5.97 Å². The third-order valence-electron chi connectivity index (χ3n) is 1.63. The van der Waals surface area contributed by atoms with Gasteiger partial charge in [0.15, 0.2) is 0 Å². The molecule has 0 aromatic heterocycles. The number of phenols is 1. The highest BCUT2D eigenvalue weighted by molar-refractivity contribution is 14.1. The Labute approximate surface area is 99.2 Å². The van der Waals surface area contributed by atoms with Crippen molar-refractivity contribution in [1.82, 2.24) is 0 Å². The second-order valence-electron chi connectivity index (χ2n) is 2.84. The second-order valence-corrected chi connectivity index (χ2v) is 4.00. The van der Waals surface area contributed by atoms with E-state index in [2.05, 4.69) is 5.32 Å². The zero-order valence-corrected chi connectivity index (χ0v) is 9.90. The van der Waals surface area contributed by atoms with E-state index in [1.54, 1.807) is 0 Å². The van der Waals surface area contributed by atoms with Gasteiger partial charge < -0.3 is 15.5 Å². The highest BCUT2D eigenvalue weighted by atomic mass is 127. The number of anilines is 1. The molecule has 0 heterocycles. The van der Waals surface area contributed by atoms with Crippen molar-refractivity contribution in [2.24, 2.45) is 0 Å². The highest BCUT2D eigenvalue weighted by Gasteiger charge is 2.13. The summed E-state index contributed by atoms with van der Waals surface area (Å²) in [6.07, 6.45) is 0. The van der Waals surface area contributed by atoms with E-state index in [0.29, 0.717) is 9.26 Å². The Balaban J connectivity index is 3.19. The minimum atomic E-state index is -1.21. The molecule has 0 atom stereocenters. The van der Waals surface area contributed by atoms with Crippen LogP contribution in [0.3, 0.4) is 0 Å². The van der Waals surface area contributed by atoms with Gasteiger partial charge in [0.25, 0.3) is 0 Å². The standard InChI is InChI=1S/C9H8INO4/c1-4(12)11-7-3-8(13)5(9(14)15)2-6(7)10/h2-3,13H,1H3,(H,11,12)(H,14,15). The maximum atomic E-state index is 10.8. The number of hydrogen-bond acceptors (Lipinski definition) is 3. The Hall–Kier alpha value is -1.31. The predicted molar refractivity (Wildman–Crippen MR) is 62.1 cm³/mol. The molecule has 0 aliphatic carbocycles. The van der Waals surface area contributed by atoms with Crippen LogP contribution in [-0.2, 0) is 4.79 Å². The number of nitrogens with one attached hydrogen (secondary N) is 1. The van der Waals surface area contributed by atoms with Crippen molar-refractivity contribution in [1.29, 1.82) is 0 Å². The van der Waals surface area contributed by atoms with Gasteiger partial charge in [0.05, 0.1) is 5.69 Å². The Bertz CT molecular complexity index is 430. The van der Waals surface area contributed by atoms with Crippen LogP contribution in [-0.4, -0.2) is 22.1 Å². The maximum absolute atomic E-state index is 10.8. The van der Waals surface area contributed by atoms with Gasteiger partial charge in [-0.1, -0.05) is 0 Å². The fourth-order valence-corrected chi connectivity index (χ4v) is 1.62. The molecule has 1 amide bonds. The largest absolute Gasteiger partial charge is 0.507 e. The fraction of sp³-hybridized carbons (Fsp3) is 0.111. The number of carboxylic acid groups (broad SMARTS) is 1. The van der Waals surface area contributed by atoms with Crippen LogP contribution in [0.15, 0.2) is 12.1 Å². The third kappa shape index (κ3) is 2.82. The molecule has 0 radical (unpaired) electrons. The van der Waals surface area contributed by atoms with Crippen molar-refractivity contribution in [3.63, 3.8) is 0 Å². The summed E-state index contributed by atoms with van der Waals surface area (Å²) in [4.78, 5) is 21.4. The number of hydrogen-bond donors (Lipinski definition) is 3. The lowest BCUT2D eigenvalue weighted by Crippen LogP contribution is -2.08. The number of carbonyl (C=O) groups excluding carboxylic acids is 1. The Morgan fingerprint density at radius 3 is 2.47 bits per heavy atom. The average Bonchev–Trinajstić information content (AvgIpc) is 2.09. The molecule has 6 heteroatoms. The molecule has 1 aromatic carbocycles. The highest BCUT2D eigenvalue weighted by Crippen LogP contribution is 2.27. The number of benzene rings is 1. The molecule has 5 nitrogen and oxygen atoms in total. The summed E-state index contributed by atoms with van der Waals surface area (Å²) in [5.41, 5.74) is 0.208. The van der Waals surface area contributed by atoms with Gasteiger partial charge in [0.2, 0.25) is 5.91 Å². The summed E-state index contributed by atoms with van der Waals surface area (Å²) in [7, 11) is 0. The Morgan fingerprint density at radius 1 is 1.40 bits per heavy atom. The summed E-state index contributed by atoms with van der Waals surface area (Å²) in [6, 6.07) is 2.51. The minimum Gasteiger partial charge on any atom is -0.507 e. The van der Waals surface area contributed by atoms with Crippen LogP contribution < -0.4 is 5.32 Å². The molecule has 1 rings (SSSR count). The van der Waals surface area contributed by atoms with Crippen LogP contribution >= 0.6 is 22.6 Å². The summed E-state index contributed by atoms with van der Waals surface area (Å²) in [5, 5.41) is 20.6. The van der Waals surface area contributed by atoms with Crippen molar-refractivity contribution in [3.05, 3.63) is 21.3 Å². The number of amides is 1. The first kappa shape index (κ1) is 11.8. The van der Waals surface area contributed by atoms with E-state index in [9.17, 15) is 14.7 Å². The molecule has 1 aromatic rings. The quantitative estimate of drug-likeness (QED) is 0.723. The molecular formula is C9H8INO4. The van der Waals surface area contributed by atoms with Crippen LogP contribution in [0.4, 0.5) is 5.69 Å². The average molecular weight is 321 g/mol. The summed E-state index contributed by atoms with van der Waals surface area (Å²) in [6.45, 7) is 1.33. The van der Waals surface area contributed by atoms with E-state index in [-0.39, 0.29) is 17.2 Å². The van der Waals surface area contributed by atoms with Crippen molar-refractivity contribution in [2.45, 2.75) is 6.92 Å². The lowest BCUT2D eigenvalue weighted by molar-refractivity contribution is -0.114. The summed E-state index contributed by atoms with van der Waals surface area (Å²) >= 11 is 1.88. The SMILES string of the molecule is CC(=O)Nc1cc(O)c(C(=O)O)cc1I. The van der Waals surface area contributed by atoms with Crippen LogP contribution in [0, 0.1) is 3.57 Å². The first-order valence-corrected chi connectivity index (χ1v) is 5.03. The van der Waals surface area contributed by atoms with Gasteiger partial charge in [-0.15, -0.1) is 0 Å². The van der Waals surface area contributed by atoms with Crippen molar-refractivity contribution >= 4 is 40.2 Å². The van der Waals surface area contributed by atoms with Crippen molar-refractivity contribution < 1.29 is 19.8 Å². The third-order valence-corrected chi connectivity index (χ3v) is 2.52. The molecule has 0 unspecified atom stereocenters. The normalized spacial score (nSPS) is 9.73. The van der Waals surface area contributed by atoms with E-state index >= 15 is 0 Å². The summed E-state index contributed by atoms with van der Waals surface area (Å²) in [5.74, 6) is -1.86. The van der Waals surface area contributed by atoms with Crippen LogP contribution in [0.5, 0.6) is 5.75 Å². The second kappa shape index (κ2) is 4.47. The topological polar surface area (TPSA) is 86.6 Å². The molecule has 0 saturated heterocycles. The van der Waals surface area contributed by atoms with E-state index in [1.165, 1.54) is 19.1 Å². The van der Waals surface area contributed by atoms with Crippen LogP contribution in [0.25, 0.3) is 0 Å². The first-order chi connectivity index (χ1) is 6.91. The number of rotatable bonds is 2. The number of carboxylic acids is 1. The Morgan fingerprint density at radius 2 is 2.00 bits per heavy atom. The zero-order chi connectivity index (χ0) is 11.6. The van der Waals surface area contributed by atoms with Gasteiger partial charge in [-0.2, -0.15) is 0 Å². The number of carbonyl (C=O) groups is 2. The smallest absolute Gasteiger partial charge is 0.339 e. The molecule has 3 N–H and O–H groups in total. The van der Waals surface area contributed by atoms with Gasteiger partial charge in [-0.3, -0.25) is 4.79 Å². The predicted octanol–water partition coefficient (Wildman–Crippen LogP) is 1.65. The van der Waals surface area contributed by atoms with Gasteiger partial charge in [0, 0.05) is 16.6 Å². The maximum Gasteiger partial charge on any atom is 0.339 e. The first-order valence-electron chi connectivity index (χ1n) is 3.95. The molecule has 15 heavy (non-hydrogen) atoms. The molecule has 0 bridgehead atoms. The number of halogens is 1. The lowest BCUT2D eigenvalue weighted by atomic mass is 10.2. The van der Waals surface area contributed by atoms with E-state index < -0.39 is 5.97 Å². The molecule has 0 spiro atoms. The number of aromatic hydroxyl groups is 1. The molecule has 0 aliphatic heterocycles. The molecule has 0 fully saturated rings. The summed E-state index contributed by atoms with van der Waals surface area (Å²) < 4.78 is 0.554. The molecular weight excluding hydrogens is 313 g/mol. The van der Waals surface area contributed by atoms with Crippen molar-refractivity contribution in [2.75, 3.05) is 5.32 Å². The van der Waals surface area contributed by atoms with Gasteiger partial charge in [-0.25, -0.2) is 4.79 Å². The zero-order valence-electron chi connectivity index (χ0n) is 7.74. The molecule has 0 saturated carbocycles. The molecule has 80 valence electrons. The van der Waals surface area contributed by atoms with Crippen LogP contribution in [0.2, 0.25) is 0 Å². The van der Waals surface area contributed by atoms with E-state index in [1.807, 2.05) is 22.6 Å². The fourth-order valence-electron chi connectivity index (χ4n) is 1.02. The van der Waals surface area contributed by atoms with Gasteiger partial charge in [-0.05, 0) is 28.7 Å². The lowest BCUT2D eigenvalue weighted by Gasteiger charge is -2.07. The van der Waals surface area contributed by atoms with Gasteiger partial charge in [0.1, 0.15) is 11.3 Å². The Kier molecular flexibility index (Phi) is 3.51. The number of aromatic carboxylic acids is 1. The van der Waals surface area contributed by atoms with E-state index in [4.69, 9.17) is 5.11 Å². The van der Waals surface area contributed by atoms with E-state index in [0.717, 1.165) is 0 Å². The van der Waals surface area contributed by atoms with Crippen LogP contribution in [0.1, 0.15) is 17.3 Å². The molecule has 0 aliphatic rings.